The zero-order chi connectivity index (χ0) is 14.5. The van der Waals surface area contributed by atoms with Crippen molar-refractivity contribution >= 4 is 23.4 Å². The first kappa shape index (κ1) is 16.8. The maximum atomic E-state index is 9.42. The van der Waals surface area contributed by atoms with Crippen molar-refractivity contribution in [1.29, 1.82) is 0 Å². The fourth-order valence-electron chi connectivity index (χ4n) is 1.41. The SMILES string of the molecule is CC(C)(C)NCc1ccc(Cl)cc1SCC(O)CO. The molecule has 3 N–H and O–H groups in total. The van der Waals surface area contributed by atoms with E-state index in [2.05, 4.69) is 26.1 Å². The van der Waals surface area contributed by atoms with Crippen LogP contribution >= 0.6 is 23.4 Å². The number of hydrogen-bond donors (Lipinski definition) is 3. The number of rotatable bonds is 6. The van der Waals surface area contributed by atoms with Gasteiger partial charge < -0.3 is 15.5 Å². The number of thioether (sulfide) groups is 1. The lowest BCUT2D eigenvalue weighted by Crippen LogP contribution is -2.35. The van der Waals surface area contributed by atoms with E-state index in [0.717, 1.165) is 17.0 Å². The van der Waals surface area contributed by atoms with E-state index < -0.39 is 6.10 Å². The Balaban J connectivity index is 2.74. The number of aliphatic hydroxyl groups excluding tert-OH is 2. The summed E-state index contributed by atoms with van der Waals surface area (Å²) in [4.78, 5) is 1.04. The molecular formula is C14H22ClNO2S. The highest BCUT2D eigenvalue weighted by Crippen LogP contribution is 2.27. The lowest BCUT2D eigenvalue weighted by molar-refractivity contribution is 0.113. The fraction of sp³-hybridized carbons (Fsp3) is 0.571. The predicted octanol–water partition coefficient (Wildman–Crippen LogP) is 2.67. The van der Waals surface area contributed by atoms with Crippen LogP contribution < -0.4 is 5.32 Å². The van der Waals surface area contributed by atoms with Gasteiger partial charge in [-0.15, -0.1) is 11.8 Å². The Labute approximate surface area is 124 Å². The second-order valence-corrected chi connectivity index (χ2v) is 7.00. The van der Waals surface area contributed by atoms with Crippen LogP contribution in [0.25, 0.3) is 0 Å². The van der Waals surface area contributed by atoms with Gasteiger partial charge in [0, 0.05) is 27.8 Å². The lowest BCUT2D eigenvalue weighted by atomic mass is 10.1. The molecule has 0 spiro atoms. The highest BCUT2D eigenvalue weighted by Gasteiger charge is 2.12. The molecule has 1 atom stereocenters. The van der Waals surface area contributed by atoms with E-state index >= 15 is 0 Å². The molecule has 1 aromatic rings. The van der Waals surface area contributed by atoms with Crippen LogP contribution in [-0.2, 0) is 6.54 Å². The molecule has 0 aliphatic rings. The second kappa shape index (κ2) is 7.50. The standard InChI is InChI=1S/C14H22ClNO2S/c1-14(2,3)16-7-10-4-5-11(15)6-13(10)19-9-12(18)8-17/h4-6,12,16-18H,7-9H2,1-3H3. The van der Waals surface area contributed by atoms with Crippen LogP contribution in [0, 0.1) is 0 Å². The van der Waals surface area contributed by atoms with Gasteiger partial charge in [-0.3, -0.25) is 0 Å². The van der Waals surface area contributed by atoms with Crippen molar-refractivity contribution in [1.82, 2.24) is 5.32 Å². The van der Waals surface area contributed by atoms with E-state index in [1.54, 1.807) is 0 Å². The summed E-state index contributed by atoms with van der Waals surface area (Å²) in [6, 6.07) is 5.76. The molecule has 0 heterocycles. The minimum absolute atomic E-state index is 0.0478. The summed E-state index contributed by atoms with van der Waals surface area (Å²) in [5, 5.41) is 22.4. The summed E-state index contributed by atoms with van der Waals surface area (Å²) in [7, 11) is 0. The Morgan fingerprint density at radius 2 is 2.05 bits per heavy atom. The third kappa shape index (κ3) is 6.63. The summed E-state index contributed by atoms with van der Waals surface area (Å²) in [5.74, 6) is 0.458. The monoisotopic (exact) mass is 303 g/mol. The maximum Gasteiger partial charge on any atom is 0.0864 e. The lowest BCUT2D eigenvalue weighted by Gasteiger charge is -2.22. The van der Waals surface area contributed by atoms with Gasteiger partial charge in [-0.2, -0.15) is 0 Å². The van der Waals surface area contributed by atoms with Crippen LogP contribution in [0.1, 0.15) is 26.3 Å². The molecule has 108 valence electrons. The molecule has 19 heavy (non-hydrogen) atoms. The van der Waals surface area contributed by atoms with Crippen LogP contribution in [0.3, 0.4) is 0 Å². The Bertz CT molecular complexity index is 407. The molecule has 0 aromatic heterocycles. The summed E-state index contributed by atoms with van der Waals surface area (Å²) in [5.41, 5.74) is 1.20. The van der Waals surface area contributed by atoms with E-state index in [4.69, 9.17) is 16.7 Å². The Morgan fingerprint density at radius 3 is 2.63 bits per heavy atom. The molecule has 0 saturated carbocycles. The summed E-state index contributed by atoms with van der Waals surface area (Å²) >= 11 is 7.52. The Hall–Kier alpha value is -0.260. The minimum Gasteiger partial charge on any atom is -0.394 e. The van der Waals surface area contributed by atoms with Crippen LogP contribution in [0.2, 0.25) is 5.02 Å². The highest BCUT2D eigenvalue weighted by atomic mass is 35.5. The van der Waals surface area contributed by atoms with Gasteiger partial charge in [0.25, 0.3) is 0 Å². The van der Waals surface area contributed by atoms with Gasteiger partial charge >= 0.3 is 0 Å². The molecule has 0 aliphatic heterocycles. The molecule has 0 aliphatic carbocycles. The highest BCUT2D eigenvalue weighted by molar-refractivity contribution is 7.99. The topological polar surface area (TPSA) is 52.5 Å². The first-order chi connectivity index (χ1) is 8.81. The number of halogens is 1. The largest absolute Gasteiger partial charge is 0.394 e. The molecule has 0 fully saturated rings. The average molecular weight is 304 g/mol. The Kier molecular flexibility index (Phi) is 6.63. The zero-order valence-corrected chi connectivity index (χ0v) is 13.2. The zero-order valence-electron chi connectivity index (χ0n) is 11.6. The van der Waals surface area contributed by atoms with Crippen molar-refractivity contribution in [3.8, 4) is 0 Å². The molecule has 1 aromatic carbocycles. The summed E-state index contributed by atoms with van der Waals surface area (Å²) < 4.78 is 0. The third-order valence-electron chi connectivity index (χ3n) is 2.48. The molecule has 0 radical (unpaired) electrons. The molecule has 3 nitrogen and oxygen atoms in total. The minimum atomic E-state index is -0.701. The number of hydrogen-bond acceptors (Lipinski definition) is 4. The van der Waals surface area contributed by atoms with E-state index in [0.29, 0.717) is 10.8 Å². The average Bonchev–Trinajstić information content (AvgIpc) is 2.33. The number of benzene rings is 1. The first-order valence-electron chi connectivity index (χ1n) is 6.27. The first-order valence-corrected chi connectivity index (χ1v) is 7.63. The number of nitrogens with one attached hydrogen (secondary N) is 1. The smallest absolute Gasteiger partial charge is 0.0864 e. The molecule has 1 unspecified atom stereocenters. The van der Waals surface area contributed by atoms with Crippen LogP contribution in [0.5, 0.6) is 0 Å². The molecule has 0 saturated heterocycles. The predicted molar refractivity (Wildman–Crippen MR) is 81.9 cm³/mol. The van der Waals surface area contributed by atoms with E-state index in [1.807, 2.05) is 18.2 Å². The second-order valence-electron chi connectivity index (χ2n) is 5.50. The van der Waals surface area contributed by atoms with E-state index in [9.17, 15) is 5.11 Å². The van der Waals surface area contributed by atoms with Gasteiger partial charge in [-0.25, -0.2) is 0 Å². The van der Waals surface area contributed by atoms with Gasteiger partial charge in [0.15, 0.2) is 0 Å². The van der Waals surface area contributed by atoms with Crippen molar-refractivity contribution in [2.24, 2.45) is 0 Å². The van der Waals surface area contributed by atoms with Gasteiger partial charge in [-0.1, -0.05) is 17.7 Å². The summed E-state index contributed by atoms with van der Waals surface area (Å²) in [6.45, 7) is 6.88. The van der Waals surface area contributed by atoms with Crippen molar-refractivity contribution in [3.05, 3.63) is 28.8 Å². The molecule has 1 rings (SSSR count). The quantitative estimate of drug-likeness (QED) is 0.707. The summed E-state index contributed by atoms with van der Waals surface area (Å²) in [6.07, 6.45) is -0.701. The van der Waals surface area contributed by atoms with Crippen molar-refractivity contribution in [2.75, 3.05) is 12.4 Å². The molecule has 0 amide bonds. The number of aliphatic hydroxyl groups is 2. The molecule has 0 bridgehead atoms. The normalized spacial score (nSPS) is 13.6. The van der Waals surface area contributed by atoms with E-state index in [1.165, 1.54) is 11.8 Å². The van der Waals surface area contributed by atoms with Crippen LogP contribution in [-0.4, -0.2) is 34.2 Å². The molecule has 5 heteroatoms. The van der Waals surface area contributed by atoms with Gasteiger partial charge in [0.2, 0.25) is 0 Å². The van der Waals surface area contributed by atoms with Gasteiger partial charge in [-0.05, 0) is 38.5 Å². The fourth-order valence-corrected chi connectivity index (χ4v) is 2.66. The third-order valence-corrected chi connectivity index (χ3v) is 3.96. The van der Waals surface area contributed by atoms with Crippen LogP contribution in [0.15, 0.2) is 23.1 Å². The van der Waals surface area contributed by atoms with Crippen molar-refractivity contribution in [2.45, 2.75) is 43.9 Å². The Morgan fingerprint density at radius 1 is 1.37 bits per heavy atom. The molecular weight excluding hydrogens is 282 g/mol. The van der Waals surface area contributed by atoms with Gasteiger partial charge in [0.1, 0.15) is 0 Å². The van der Waals surface area contributed by atoms with Gasteiger partial charge in [0.05, 0.1) is 12.7 Å². The van der Waals surface area contributed by atoms with E-state index in [-0.39, 0.29) is 12.1 Å². The van der Waals surface area contributed by atoms with Crippen molar-refractivity contribution < 1.29 is 10.2 Å². The van der Waals surface area contributed by atoms with Crippen molar-refractivity contribution in [3.63, 3.8) is 0 Å². The van der Waals surface area contributed by atoms with Crippen LogP contribution in [0.4, 0.5) is 0 Å². The maximum absolute atomic E-state index is 9.42.